The minimum absolute atomic E-state index is 0.0566. The predicted molar refractivity (Wildman–Crippen MR) is 95.6 cm³/mol. The molecule has 0 heterocycles. The third kappa shape index (κ3) is 5.96. The van der Waals surface area contributed by atoms with Crippen molar-refractivity contribution < 1.29 is 19.4 Å². The highest BCUT2D eigenvalue weighted by molar-refractivity contribution is 5.74. The van der Waals surface area contributed by atoms with E-state index in [1.54, 1.807) is 11.9 Å². The molecule has 0 unspecified atom stereocenters. The van der Waals surface area contributed by atoms with Crippen LogP contribution in [0.2, 0.25) is 0 Å². The monoisotopic (exact) mass is 348 g/mol. The lowest BCUT2D eigenvalue weighted by atomic mass is 9.86. The first-order chi connectivity index (χ1) is 11.8. The molecule has 1 aromatic rings. The van der Waals surface area contributed by atoms with Crippen molar-refractivity contribution in [3.63, 3.8) is 0 Å². The van der Waals surface area contributed by atoms with E-state index < -0.39 is 5.97 Å². The number of carbonyl (C=O) groups is 2. The van der Waals surface area contributed by atoms with Crippen molar-refractivity contribution in [2.75, 3.05) is 7.05 Å². The third-order valence-electron chi connectivity index (χ3n) is 4.44. The Morgan fingerprint density at radius 2 is 1.96 bits per heavy atom. The molecule has 2 amide bonds. The molecule has 6 nitrogen and oxygen atoms in total. The number of carboxylic acids is 1. The van der Waals surface area contributed by atoms with Crippen LogP contribution < -0.4 is 10.1 Å². The summed E-state index contributed by atoms with van der Waals surface area (Å²) in [6.07, 6.45) is 2.79. The van der Waals surface area contributed by atoms with Gasteiger partial charge in [-0.3, -0.25) is 4.79 Å². The largest absolute Gasteiger partial charge is 0.491 e. The Balaban J connectivity index is 1.83. The molecule has 0 aromatic heterocycles. The van der Waals surface area contributed by atoms with Gasteiger partial charge in [0.1, 0.15) is 5.75 Å². The molecule has 0 saturated heterocycles. The minimum Gasteiger partial charge on any atom is -0.491 e. The van der Waals surface area contributed by atoms with Crippen molar-refractivity contribution >= 4 is 12.0 Å². The number of nitrogens with zero attached hydrogens (tertiary/aromatic N) is 1. The number of rotatable bonds is 6. The number of ether oxygens (including phenoxy) is 1. The Hall–Kier alpha value is -2.24. The lowest BCUT2D eigenvalue weighted by molar-refractivity contribution is -0.142. The molecule has 1 aliphatic rings. The van der Waals surface area contributed by atoms with Crippen molar-refractivity contribution in [3.8, 4) is 5.75 Å². The number of amides is 2. The van der Waals surface area contributed by atoms with E-state index in [2.05, 4.69) is 5.32 Å². The van der Waals surface area contributed by atoms with Gasteiger partial charge in [0.2, 0.25) is 0 Å². The fourth-order valence-corrected chi connectivity index (χ4v) is 3.10. The van der Waals surface area contributed by atoms with Gasteiger partial charge in [-0.05, 0) is 57.2 Å². The van der Waals surface area contributed by atoms with E-state index >= 15 is 0 Å². The van der Waals surface area contributed by atoms with E-state index in [1.807, 2.05) is 38.1 Å². The Bertz CT molecular complexity index is 595. The van der Waals surface area contributed by atoms with Gasteiger partial charge in [-0.1, -0.05) is 12.1 Å². The van der Waals surface area contributed by atoms with Crippen LogP contribution in [0.5, 0.6) is 5.75 Å². The molecule has 1 aromatic carbocycles. The molecule has 0 radical (unpaired) electrons. The van der Waals surface area contributed by atoms with Gasteiger partial charge in [-0.15, -0.1) is 0 Å². The van der Waals surface area contributed by atoms with E-state index in [1.165, 1.54) is 0 Å². The Kier molecular flexibility index (Phi) is 6.67. The van der Waals surface area contributed by atoms with Crippen LogP contribution in [0.4, 0.5) is 4.79 Å². The molecule has 1 saturated carbocycles. The summed E-state index contributed by atoms with van der Waals surface area (Å²) in [6, 6.07) is 7.67. The molecule has 25 heavy (non-hydrogen) atoms. The fourth-order valence-electron chi connectivity index (χ4n) is 3.10. The van der Waals surface area contributed by atoms with E-state index in [-0.39, 0.29) is 24.1 Å². The predicted octanol–water partition coefficient (Wildman–Crippen LogP) is 3.26. The Morgan fingerprint density at radius 1 is 1.28 bits per heavy atom. The van der Waals surface area contributed by atoms with Crippen LogP contribution in [0, 0.1) is 5.92 Å². The van der Waals surface area contributed by atoms with Crippen LogP contribution in [0.3, 0.4) is 0 Å². The first-order valence-electron chi connectivity index (χ1n) is 8.85. The summed E-state index contributed by atoms with van der Waals surface area (Å²) in [5.74, 6) is -0.201. The Labute approximate surface area is 149 Å². The smallest absolute Gasteiger partial charge is 0.317 e. The number of carboxylic acid groups (broad SMARTS) is 1. The van der Waals surface area contributed by atoms with Gasteiger partial charge in [-0.2, -0.15) is 0 Å². The average Bonchev–Trinajstić information content (AvgIpc) is 2.55. The second-order valence-electron chi connectivity index (χ2n) is 7.01. The molecule has 0 spiro atoms. The third-order valence-corrected chi connectivity index (χ3v) is 4.44. The van der Waals surface area contributed by atoms with E-state index in [4.69, 9.17) is 9.84 Å². The lowest BCUT2D eigenvalue weighted by Crippen LogP contribution is -2.44. The highest BCUT2D eigenvalue weighted by Gasteiger charge is 2.27. The highest BCUT2D eigenvalue weighted by Crippen LogP contribution is 2.24. The number of aliphatic carboxylic acids is 1. The summed E-state index contributed by atoms with van der Waals surface area (Å²) in [4.78, 5) is 25.0. The van der Waals surface area contributed by atoms with Crippen molar-refractivity contribution in [2.24, 2.45) is 5.92 Å². The standard InChI is InChI=1S/C19H28N2O4/c1-13(2)25-17-6-4-5-14(11-17)12-21(3)19(24)20-16-9-7-15(8-10-16)18(22)23/h4-6,11,13,15-16H,7-10,12H2,1-3H3,(H,20,24)(H,22,23). The van der Waals surface area contributed by atoms with Crippen molar-refractivity contribution in [2.45, 2.75) is 58.2 Å². The van der Waals surface area contributed by atoms with Crippen LogP contribution in [0.15, 0.2) is 24.3 Å². The highest BCUT2D eigenvalue weighted by atomic mass is 16.5. The summed E-state index contributed by atoms with van der Waals surface area (Å²) < 4.78 is 5.68. The van der Waals surface area contributed by atoms with Crippen molar-refractivity contribution in [1.29, 1.82) is 0 Å². The first-order valence-corrected chi connectivity index (χ1v) is 8.85. The summed E-state index contributed by atoms with van der Waals surface area (Å²) in [5.41, 5.74) is 1.00. The van der Waals surface area contributed by atoms with Gasteiger partial charge in [0.15, 0.2) is 0 Å². The van der Waals surface area contributed by atoms with Crippen LogP contribution in [0.1, 0.15) is 45.1 Å². The van der Waals surface area contributed by atoms with Crippen molar-refractivity contribution in [3.05, 3.63) is 29.8 Å². The second kappa shape index (κ2) is 8.74. The number of benzene rings is 1. The molecule has 2 N–H and O–H groups in total. The SMILES string of the molecule is CC(C)Oc1cccc(CN(C)C(=O)NC2CCC(C(=O)O)CC2)c1. The number of nitrogens with one attached hydrogen (secondary N) is 1. The lowest BCUT2D eigenvalue weighted by Gasteiger charge is -2.29. The molecular weight excluding hydrogens is 320 g/mol. The van der Waals surface area contributed by atoms with Crippen molar-refractivity contribution in [1.82, 2.24) is 10.2 Å². The number of hydrogen-bond donors (Lipinski definition) is 2. The summed E-state index contributed by atoms with van der Waals surface area (Å²) >= 11 is 0. The van der Waals surface area contributed by atoms with Crippen LogP contribution in [-0.2, 0) is 11.3 Å². The van der Waals surface area contributed by atoms with Gasteiger partial charge < -0.3 is 20.1 Å². The summed E-state index contributed by atoms with van der Waals surface area (Å²) in [6.45, 7) is 4.45. The summed E-state index contributed by atoms with van der Waals surface area (Å²) in [5, 5.41) is 12.0. The molecule has 0 bridgehead atoms. The second-order valence-corrected chi connectivity index (χ2v) is 7.01. The maximum absolute atomic E-state index is 12.4. The van der Waals surface area contributed by atoms with Gasteiger partial charge >= 0.3 is 12.0 Å². The molecular formula is C19H28N2O4. The molecule has 0 aliphatic heterocycles. The topological polar surface area (TPSA) is 78.9 Å². The zero-order valence-corrected chi connectivity index (χ0v) is 15.2. The van der Waals surface area contributed by atoms with Gasteiger partial charge in [-0.25, -0.2) is 4.79 Å². The normalized spacial score (nSPS) is 20.2. The number of hydrogen-bond acceptors (Lipinski definition) is 3. The fraction of sp³-hybridized carbons (Fsp3) is 0.579. The molecule has 1 fully saturated rings. The Morgan fingerprint density at radius 3 is 2.56 bits per heavy atom. The molecule has 0 atom stereocenters. The first kappa shape index (κ1) is 19.1. The minimum atomic E-state index is -0.731. The van der Waals surface area contributed by atoms with Gasteiger partial charge in [0.05, 0.1) is 12.0 Å². The zero-order chi connectivity index (χ0) is 18.4. The number of carbonyl (C=O) groups excluding carboxylic acids is 1. The van der Waals surface area contributed by atoms with E-state index in [9.17, 15) is 9.59 Å². The van der Waals surface area contributed by atoms with E-state index in [0.717, 1.165) is 11.3 Å². The van der Waals surface area contributed by atoms with Crippen LogP contribution >= 0.6 is 0 Å². The molecule has 138 valence electrons. The van der Waals surface area contributed by atoms with Crippen LogP contribution in [0.25, 0.3) is 0 Å². The molecule has 6 heteroatoms. The number of urea groups is 1. The van der Waals surface area contributed by atoms with Crippen LogP contribution in [-0.4, -0.2) is 41.2 Å². The van der Waals surface area contributed by atoms with E-state index in [0.29, 0.717) is 32.2 Å². The van der Waals surface area contributed by atoms with Gasteiger partial charge in [0.25, 0.3) is 0 Å². The maximum Gasteiger partial charge on any atom is 0.317 e. The zero-order valence-electron chi connectivity index (χ0n) is 15.2. The summed E-state index contributed by atoms with van der Waals surface area (Å²) in [7, 11) is 1.76. The average molecular weight is 348 g/mol. The maximum atomic E-state index is 12.4. The van der Waals surface area contributed by atoms with Gasteiger partial charge in [0, 0.05) is 19.6 Å². The molecule has 1 aliphatic carbocycles. The quantitative estimate of drug-likeness (QED) is 0.827. The molecule has 2 rings (SSSR count).